The monoisotopic (exact) mass is 780 g/mol. The topological polar surface area (TPSA) is 69.9 Å². The largest absolute Gasteiger partial charge is 0.456 e. The van der Waals surface area contributed by atoms with Crippen LogP contribution in [0.1, 0.15) is 0 Å². The van der Waals surface area contributed by atoms with Crippen molar-refractivity contribution >= 4 is 76.5 Å². The van der Waals surface area contributed by atoms with Crippen LogP contribution in [0.25, 0.3) is 127 Å². The molecule has 0 radical (unpaired) electrons. The van der Waals surface area contributed by atoms with E-state index in [0.717, 1.165) is 88.2 Å². The molecule has 0 fully saturated rings. The summed E-state index contributed by atoms with van der Waals surface area (Å²) < 4.78 is 15.3. The first-order valence-corrected chi connectivity index (χ1v) is 20.4. The third-order valence-corrected chi connectivity index (χ3v) is 12.0. The summed E-state index contributed by atoms with van der Waals surface area (Å²) in [5.74, 6) is 1.71. The van der Waals surface area contributed by atoms with Gasteiger partial charge in [-0.2, -0.15) is 0 Å². The second kappa shape index (κ2) is 13.1. The molecule has 0 aliphatic rings. The first-order valence-electron chi connectivity index (χ1n) is 20.4. The zero-order valence-corrected chi connectivity index (χ0v) is 32.6. The molecule has 6 heteroatoms. The van der Waals surface area contributed by atoms with Crippen molar-refractivity contribution in [2.45, 2.75) is 0 Å². The van der Waals surface area contributed by atoms with Gasteiger partial charge in [0.05, 0.1) is 11.0 Å². The Morgan fingerprint density at radius 3 is 1.72 bits per heavy atom. The molecule has 0 amide bonds. The molecule has 0 saturated heterocycles. The fourth-order valence-electron chi connectivity index (χ4n) is 9.16. The van der Waals surface area contributed by atoms with E-state index in [1.54, 1.807) is 0 Å². The summed E-state index contributed by atoms with van der Waals surface area (Å²) in [4.78, 5) is 15.3. The van der Waals surface area contributed by atoms with Crippen LogP contribution in [0.2, 0.25) is 0 Å². The molecule has 0 bridgehead atoms. The molecule has 0 spiro atoms. The van der Waals surface area contributed by atoms with Gasteiger partial charge < -0.3 is 13.4 Å². The van der Waals surface area contributed by atoms with E-state index in [0.29, 0.717) is 17.5 Å². The van der Waals surface area contributed by atoms with Crippen molar-refractivity contribution in [2.75, 3.05) is 0 Å². The van der Waals surface area contributed by atoms with Crippen LogP contribution in [0.3, 0.4) is 0 Å². The molecule has 13 rings (SSSR count). The summed E-state index contributed by atoms with van der Waals surface area (Å²) in [6.45, 7) is 0. The maximum Gasteiger partial charge on any atom is 0.164 e. The molecule has 4 aromatic heterocycles. The first kappa shape index (κ1) is 33.6. The number of hydrogen-bond acceptors (Lipinski definition) is 5. The van der Waals surface area contributed by atoms with Gasteiger partial charge in [0.2, 0.25) is 0 Å². The van der Waals surface area contributed by atoms with Crippen molar-refractivity contribution in [3.05, 3.63) is 194 Å². The lowest BCUT2D eigenvalue weighted by Gasteiger charge is -2.09. The van der Waals surface area contributed by atoms with E-state index in [1.807, 2.05) is 30.3 Å². The Morgan fingerprint density at radius 2 is 0.902 bits per heavy atom. The summed E-state index contributed by atoms with van der Waals surface area (Å²) >= 11 is 0. The van der Waals surface area contributed by atoms with Crippen molar-refractivity contribution in [3.63, 3.8) is 0 Å². The summed E-state index contributed by atoms with van der Waals surface area (Å²) in [6, 6.07) is 67.5. The fraction of sp³-hybridized carbons (Fsp3) is 0. The predicted molar refractivity (Wildman–Crippen MR) is 248 cm³/mol. The molecule has 0 unspecified atom stereocenters. The summed E-state index contributed by atoms with van der Waals surface area (Å²) in [5, 5.41) is 8.93. The lowest BCUT2D eigenvalue weighted by molar-refractivity contribution is 0.668. The van der Waals surface area contributed by atoms with Gasteiger partial charge in [-0.3, -0.25) is 0 Å². The summed E-state index contributed by atoms with van der Waals surface area (Å²) in [7, 11) is 0. The maximum atomic E-state index is 6.66. The number of benzene rings is 9. The molecular formula is C55H32N4O2. The minimum atomic E-state index is 0.556. The Bertz CT molecular complexity index is 3900. The van der Waals surface area contributed by atoms with Crippen LogP contribution in [0.5, 0.6) is 0 Å². The van der Waals surface area contributed by atoms with E-state index >= 15 is 0 Å². The van der Waals surface area contributed by atoms with E-state index in [2.05, 4.69) is 168 Å². The molecule has 6 nitrogen and oxygen atoms in total. The van der Waals surface area contributed by atoms with Crippen LogP contribution in [0, 0.1) is 0 Å². The lowest BCUT2D eigenvalue weighted by atomic mass is 9.97. The number of rotatable bonds is 5. The highest BCUT2D eigenvalue weighted by molar-refractivity contribution is 6.15. The quantitative estimate of drug-likeness (QED) is 0.174. The highest BCUT2D eigenvalue weighted by Crippen LogP contribution is 2.41. The maximum absolute atomic E-state index is 6.66. The van der Waals surface area contributed by atoms with Crippen LogP contribution in [-0.4, -0.2) is 19.5 Å². The van der Waals surface area contributed by atoms with E-state index in [4.69, 9.17) is 23.8 Å². The number of nitrogens with zero attached hydrogens (tertiary/aromatic N) is 4. The minimum Gasteiger partial charge on any atom is -0.456 e. The van der Waals surface area contributed by atoms with Gasteiger partial charge in [-0.15, -0.1) is 0 Å². The van der Waals surface area contributed by atoms with E-state index in [1.165, 1.54) is 21.8 Å². The highest BCUT2D eigenvalue weighted by atomic mass is 16.3. The van der Waals surface area contributed by atoms with Crippen LogP contribution in [-0.2, 0) is 0 Å². The number of aromatic nitrogens is 4. The SMILES string of the molecule is c1ccc(-n2c3ccccc3c3cc(-c4cccc5oc6cc(-c7nc(-c8ccc9ccccc9c8)nc(-c8ccc9c(c8)oc8ccccc89)n7)ccc6c45)ccc32)cc1. The van der Waals surface area contributed by atoms with Crippen molar-refractivity contribution in [2.24, 2.45) is 0 Å². The Balaban J connectivity index is 0.960. The van der Waals surface area contributed by atoms with Crippen LogP contribution in [0.4, 0.5) is 0 Å². The van der Waals surface area contributed by atoms with Gasteiger partial charge >= 0.3 is 0 Å². The van der Waals surface area contributed by atoms with Gasteiger partial charge in [-0.25, -0.2) is 15.0 Å². The summed E-state index contributed by atoms with van der Waals surface area (Å²) in [6.07, 6.45) is 0. The molecule has 13 aromatic rings. The molecule has 4 heterocycles. The number of para-hydroxylation sites is 3. The first-order chi connectivity index (χ1) is 30.2. The fourth-order valence-corrected chi connectivity index (χ4v) is 9.16. The average molecular weight is 781 g/mol. The second-order valence-electron chi connectivity index (χ2n) is 15.6. The number of fused-ring (bicyclic) bond motifs is 10. The summed E-state index contributed by atoms with van der Waals surface area (Å²) in [5.41, 5.74) is 11.5. The Labute approximate surface area is 348 Å². The molecule has 0 aliphatic heterocycles. The molecular weight excluding hydrogens is 749 g/mol. The minimum absolute atomic E-state index is 0.556. The average Bonchev–Trinajstić information content (AvgIpc) is 4.00. The number of furan rings is 2. The Morgan fingerprint density at radius 1 is 0.328 bits per heavy atom. The second-order valence-corrected chi connectivity index (χ2v) is 15.6. The van der Waals surface area contributed by atoms with Crippen LogP contribution in [0.15, 0.2) is 203 Å². The highest BCUT2D eigenvalue weighted by Gasteiger charge is 2.19. The van der Waals surface area contributed by atoms with Gasteiger partial charge in [0.15, 0.2) is 17.5 Å². The van der Waals surface area contributed by atoms with E-state index < -0.39 is 0 Å². The number of hydrogen-bond donors (Lipinski definition) is 0. The van der Waals surface area contributed by atoms with Crippen molar-refractivity contribution in [1.82, 2.24) is 19.5 Å². The smallest absolute Gasteiger partial charge is 0.164 e. The van der Waals surface area contributed by atoms with Gasteiger partial charge in [-0.1, -0.05) is 121 Å². The Hall–Kier alpha value is -8.35. The van der Waals surface area contributed by atoms with Gasteiger partial charge in [0.25, 0.3) is 0 Å². The zero-order chi connectivity index (χ0) is 40.0. The third-order valence-electron chi connectivity index (χ3n) is 12.0. The van der Waals surface area contributed by atoms with Gasteiger partial charge in [0, 0.05) is 54.7 Å². The van der Waals surface area contributed by atoms with Crippen LogP contribution >= 0.6 is 0 Å². The molecule has 284 valence electrons. The van der Waals surface area contributed by atoms with Crippen molar-refractivity contribution < 1.29 is 8.83 Å². The zero-order valence-electron chi connectivity index (χ0n) is 32.6. The van der Waals surface area contributed by atoms with Crippen molar-refractivity contribution in [3.8, 4) is 51.0 Å². The van der Waals surface area contributed by atoms with Gasteiger partial charge in [-0.05, 0) is 94.7 Å². The molecule has 9 aromatic carbocycles. The molecule has 0 N–H and O–H groups in total. The molecule has 0 atom stereocenters. The van der Waals surface area contributed by atoms with Gasteiger partial charge in [0.1, 0.15) is 22.3 Å². The van der Waals surface area contributed by atoms with E-state index in [-0.39, 0.29) is 0 Å². The predicted octanol–water partition coefficient (Wildman–Crippen LogP) is 14.6. The third kappa shape index (κ3) is 5.32. The van der Waals surface area contributed by atoms with Crippen LogP contribution < -0.4 is 0 Å². The molecule has 0 saturated carbocycles. The Kier molecular flexibility index (Phi) is 7.21. The molecule has 61 heavy (non-hydrogen) atoms. The normalized spacial score (nSPS) is 11.9. The van der Waals surface area contributed by atoms with Crippen molar-refractivity contribution in [1.29, 1.82) is 0 Å². The molecule has 0 aliphatic carbocycles. The lowest BCUT2D eigenvalue weighted by Crippen LogP contribution is -2.00. The standard InChI is InChI=1S/C55H32N4O2/c1-2-13-39(14-3-1)59-46-18-8-6-15-41(46)45-30-35(25-28-47(45)59)40-17-10-20-49-52(40)44-27-24-38(32-51(44)61-49)55-57-53(36-22-21-33-11-4-5-12-34(33)29-36)56-54(58-55)37-23-26-43-42-16-7-9-19-48(42)60-50(43)31-37/h1-32H. The van der Waals surface area contributed by atoms with E-state index in [9.17, 15) is 0 Å².